The van der Waals surface area contributed by atoms with Crippen molar-refractivity contribution in [1.29, 1.82) is 0 Å². The first-order valence-electron chi connectivity index (χ1n) is 9.06. The van der Waals surface area contributed by atoms with Crippen molar-refractivity contribution < 1.29 is 9.15 Å². The molecule has 1 aromatic rings. The molecule has 1 rings (SSSR count). The molecule has 0 spiro atoms. The molecule has 0 amide bonds. The van der Waals surface area contributed by atoms with Gasteiger partial charge >= 0.3 is 0 Å². The number of unbranched alkanes of at least 4 members (excludes halogenated alkanes) is 5. The lowest BCUT2D eigenvalue weighted by atomic mass is 10.1. The van der Waals surface area contributed by atoms with Crippen molar-refractivity contribution in [1.82, 2.24) is 0 Å². The van der Waals surface area contributed by atoms with Crippen molar-refractivity contribution in [3.8, 4) is 11.8 Å². The van der Waals surface area contributed by atoms with E-state index in [1.807, 2.05) is 0 Å². The van der Waals surface area contributed by atoms with Crippen LogP contribution in [0.4, 0.5) is 0 Å². The molecule has 1 aromatic heterocycles. The Hall–Kier alpha value is -0.720. The molecular formula is C20H31BrO2. The van der Waals surface area contributed by atoms with E-state index in [4.69, 9.17) is 9.15 Å². The summed E-state index contributed by atoms with van der Waals surface area (Å²) in [6, 6.07) is 2.09. The molecule has 0 aliphatic heterocycles. The average molecular weight is 383 g/mol. The lowest BCUT2D eigenvalue weighted by Gasteiger charge is -2.02. The molecule has 0 aliphatic carbocycles. The highest BCUT2D eigenvalue weighted by Crippen LogP contribution is 2.16. The van der Waals surface area contributed by atoms with Gasteiger partial charge in [-0.3, -0.25) is 0 Å². The molecular weight excluding hydrogens is 352 g/mol. The Morgan fingerprint density at radius 2 is 1.74 bits per heavy atom. The fraction of sp³-hybridized carbons (Fsp3) is 0.700. The van der Waals surface area contributed by atoms with E-state index in [0.717, 1.165) is 62.2 Å². The van der Waals surface area contributed by atoms with E-state index in [-0.39, 0.29) is 0 Å². The molecule has 0 N–H and O–H groups in total. The molecule has 0 radical (unpaired) electrons. The van der Waals surface area contributed by atoms with Gasteiger partial charge in [0, 0.05) is 31.4 Å². The zero-order valence-electron chi connectivity index (χ0n) is 14.8. The molecule has 0 bridgehead atoms. The number of alkyl halides is 1. The van der Waals surface area contributed by atoms with Gasteiger partial charge in [-0.2, -0.15) is 0 Å². The Labute approximate surface area is 150 Å². The molecule has 0 unspecified atom stereocenters. The van der Waals surface area contributed by atoms with Crippen LogP contribution in [-0.2, 0) is 17.6 Å². The molecule has 3 heteroatoms. The lowest BCUT2D eigenvalue weighted by Crippen LogP contribution is -1.97. The first-order chi connectivity index (χ1) is 11.3. The van der Waals surface area contributed by atoms with E-state index < -0.39 is 0 Å². The minimum atomic E-state index is 0.818. The van der Waals surface area contributed by atoms with Crippen molar-refractivity contribution in [2.75, 3.05) is 18.5 Å². The second-order valence-corrected chi connectivity index (χ2v) is 6.53. The van der Waals surface area contributed by atoms with E-state index in [2.05, 4.69) is 47.7 Å². The van der Waals surface area contributed by atoms with E-state index in [0.29, 0.717) is 0 Å². The largest absolute Gasteiger partial charge is 0.452 e. The van der Waals surface area contributed by atoms with Crippen LogP contribution in [0.25, 0.3) is 0 Å². The van der Waals surface area contributed by atoms with Crippen molar-refractivity contribution in [3.05, 3.63) is 23.2 Å². The highest BCUT2D eigenvalue weighted by molar-refractivity contribution is 9.09. The first-order valence-corrected chi connectivity index (χ1v) is 10.2. The number of aryl methyl sites for hydroxylation is 2. The average Bonchev–Trinajstić information content (AvgIpc) is 2.98. The Morgan fingerprint density at radius 1 is 1.00 bits per heavy atom. The smallest absolute Gasteiger partial charge is 0.177 e. The highest BCUT2D eigenvalue weighted by Gasteiger charge is 2.05. The molecule has 2 nitrogen and oxygen atoms in total. The molecule has 0 aliphatic rings. The zero-order chi connectivity index (χ0) is 16.8. The lowest BCUT2D eigenvalue weighted by molar-refractivity contribution is 0.126. The van der Waals surface area contributed by atoms with E-state index in [1.54, 1.807) is 0 Å². The molecule has 0 aromatic carbocycles. The van der Waals surface area contributed by atoms with E-state index in [1.165, 1.54) is 31.2 Å². The van der Waals surface area contributed by atoms with Crippen molar-refractivity contribution in [2.24, 2.45) is 0 Å². The van der Waals surface area contributed by atoms with Crippen LogP contribution in [0.1, 0.15) is 75.9 Å². The van der Waals surface area contributed by atoms with Crippen LogP contribution in [0.5, 0.6) is 0 Å². The van der Waals surface area contributed by atoms with Gasteiger partial charge in [-0.15, -0.1) is 0 Å². The normalized spacial score (nSPS) is 10.6. The molecule has 0 atom stereocenters. The summed E-state index contributed by atoms with van der Waals surface area (Å²) in [5.41, 5.74) is 1.29. The third kappa shape index (κ3) is 9.23. The summed E-state index contributed by atoms with van der Waals surface area (Å²) in [5, 5.41) is 1.12. The van der Waals surface area contributed by atoms with Gasteiger partial charge in [-0.05, 0) is 49.7 Å². The van der Waals surface area contributed by atoms with Crippen molar-refractivity contribution in [2.45, 2.75) is 71.6 Å². The summed E-state index contributed by atoms with van der Waals surface area (Å²) in [4.78, 5) is 0. The fourth-order valence-electron chi connectivity index (χ4n) is 2.45. The Balaban J connectivity index is 2.04. The maximum absolute atomic E-state index is 5.75. The summed E-state index contributed by atoms with van der Waals surface area (Å²) in [6.07, 6.45) is 10.1. The predicted octanol–water partition coefficient (Wildman–Crippen LogP) is 5.90. The van der Waals surface area contributed by atoms with Crippen LogP contribution in [0.3, 0.4) is 0 Å². The zero-order valence-corrected chi connectivity index (χ0v) is 16.3. The SMILES string of the molecule is CCc1cc(C#CCCCCOCCCCCCBr)oc1CC. The van der Waals surface area contributed by atoms with Gasteiger partial charge in [0.05, 0.1) is 0 Å². The standard InChI is InChI=1S/C20H31BrO2/c1-3-18-17-19(23-20(18)4-2)13-9-5-7-11-15-22-16-12-8-6-10-14-21/h17H,3-8,10-12,14-16H2,1-2H3. The number of ether oxygens (including phenoxy) is 1. The van der Waals surface area contributed by atoms with Gasteiger partial charge in [0.15, 0.2) is 5.76 Å². The first kappa shape index (κ1) is 20.3. The van der Waals surface area contributed by atoms with Gasteiger partial charge in [0.1, 0.15) is 5.76 Å². The third-order valence-corrected chi connectivity index (χ3v) is 4.38. The summed E-state index contributed by atoms with van der Waals surface area (Å²) in [5.74, 6) is 8.26. The Kier molecular flexibility index (Phi) is 12.1. The molecule has 0 saturated heterocycles. The van der Waals surface area contributed by atoms with E-state index >= 15 is 0 Å². The van der Waals surface area contributed by atoms with Gasteiger partial charge in [-0.25, -0.2) is 0 Å². The third-order valence-electron chi connectivity index (χ3n) is 3.82. The Bertz CT molecular complexity index is 446. The molecule has 0 fully saturated rings. The van der Waals surface area contributed by atoms with Crippen LogP contribution in [0, 0.1) is 11.8 Å². The number of furan rings is 1. The fourth-order valence-corrected chi connectivity index (χ4v) is 2.84. The second-order valence-electron chi connectivity index (χ2n) is 5.74. The molecule has 1 heterocycles. The van der Waals surface area contributed by atoms with Crippen LogP contribution < -0.4 is 0 Å². The minimum Gasteiger partial charge on any atom is -0.452 e. The molecule has 23 heavy (non-hydrogen) atoms. The quantitative estimate of drug-likeness (QED) is 0.255. The number of halogens is 1. The summed E-state index contributed by atoms with van der Waals surface area (Å²) < 4.78 is 11.4. The van der Waals surface area contributed by atoms with Gasteiger partial charge in [0.2, 0.25) is 0 Å². The maximum atomic E-state index is 5.75. The maximum Gasteiger partial charge on any atom is 0.177 e. The highest BCUT2D eigenvalue weighted by atomic mass is 79.9. The van der Waals surface area contributed by atoms with Gasteiger partial charge in [-0.1, -0.05) is 48.5 Å². The number of hydrogen-bond donors (Lipinski definition) is 0. The van der Waals surface area contributed by atoms with Crippen LogP contribution >= 0.6 is 15.9 Å². The van der Waals surface area contributed by atoms with Crippen LogP contribution in [-0.4, -0.2) is 18.5 Å². The van der Waals surface area contributed by atoms with Crippen molar-refractivity contribution >= 4 is 15.9 Å². The van der Waals surface area contributed by atoms with E-state index in [9.17, 15) is 0 Å². The Morgan fingerprint density at radius 3 is 2.39 bits per heavy atom. The molecule has 0 saturated carbocycles. The van der Waals surface area contributed by atoms with Crippen LogP contribution in [0.15, 0.2) is 10.5 Å². The number of rotatable bonds is 12. The van der Waals surface area contributed by atoms with Crippen molar-refractivity contribution in [3.63, 3.8) is 0 Å². The summed E-state index contributed by atoms with van der Waals surface area (Å²) in [6.45, 7) is 6.04. The topological polar surface area (TPSA) is 22.4 Å². The summed E-state index contributed by atoms with van der Waals surface area (Å²) >= 11 is 3.45. The predicted molar refractivity (Wildman–Crippen MR) is 101 cm³/mol. The number of hydrogen-bond acceptors (Lipinski definition) is 2. The van der Waals surface area contributed by atoms with Gasteiger partial charge < -0.3 is 9.15 Å². The van der Waals surface area contributed by atoms with Crippen LogP contribution in [0.2, 0.25) is 0 Å². The second kappa shape index (κ2) is 13.7. The summed E-state index contributed by atoms with van der Waals surface area (Å²) in [7, 11) is 0. The molecule has 130 valence electrons. The van der Waals surface area contributed by atoms with Gasteiger partial charge in [0.25, 0.3) is 0 Å². The monoisotopic (exact) mass is 382 g/mol. The minimum absolute atomic E-state index is 0.818.